The van der Waals surface area contributed by atoms with Crippen LogP contribution in [0, 0.1) is 0 Å². The minimum atomic E-state index is -0.282. The molecule has 0 aliphatic rings. The Kier molecular flexibility index (Phi) is 9.15. The molecule has 1 atom stereocenters. The summed E-state index contributed by atoms with van der Waals surface area (Å²) in [6.45, 7) is 2.23. The topological polar surface area (TPSA) is 55.1 Å². The zero-order valence-corrected chi connectivity index (χ0v) is 14.5. The Morgan fingerprint density at radius 1 is 1.19 bits per heavy atom. The molecule has 21 heavy (non-hydrogen) atoms. The van der Waals surface area contributed by atoms with Crippen molar-refractivity contribution in [1.82, 2.24) is 0 Å². The van der Waals surface area contributed by atoms with Gasteiger partial charge in [-0.3, -0.25) is 4.79 Å². The van der Waals surface area contributed by atoms with Crippen LogP contribution in [0.1, 0.15) is 58.3 Å². The third-order valence-electron chi connectivity index (χ3n) is 3.61. The zero-order chi connectivity index (χ0) is 15.5. The fourth-order valence-electron chi connectivity index (χ4n) is 2.37. The van der Waals surface area contributed by atoms with E-state index in [1.807, 2.05) is 24.3 Å². The first-order valence-electron chi connectivity index (χ1n) is 7.95. The Balaban J connectivity index is 2.29. The molecule has 1 aromatic carbocycles. The number of halogens is 1. The molecule has 1 aromatic rings. The fraction of sp³-hybridized carbons (Fsp3) is 0.588. The number of hydrogen-bond acceptors (Lipinski definition) is 2. The maximum Gasteiger partial charge on any atom is 0.239 e. The molecule has 118 valence electrons. The van der Waals surface area contributed by atoms with Crippen molar-refractivity contribution >= 4 is 27.5 Å². The number of carbonyl (C=O) groups excluding carboxylic acids is 1. The van der Waals surface area contributed by atoms with E-state index in [0.29, 0.717) is 0 Å². The van der Waals surface area contributed by atoms with Gasteiger partial charge in [0.15, 0.2) is 0 Å². The van der Waals surface area contributed by atoms with Crippen LogP contribution >= 0.6 is 15.9 Å². The monoisotopic (exact) mass is 354 g/mol. The summed E-state index contributed by atoms with van der Waals surface area (Å²) in [6.07, 6.45) is 9.50. The highest BCUT2D eigenvalue weighted by Crippen LogP contribution is 2.18. The van der Waals surface area contributed by atoms with Crippen LogP contribution in [0.25, 0.3) is 0 Å². The molecule has 0 saturated carbocycles. The van der Waals surface area contributed by atoms with E-state index < -0.39 is 0 Å². The first kappa shape index (κ1) is 18.0. The number of rotatable bonds is 11. The fourth-order valence-corrected chi connectivity index (χ4v) is 2.77. The van der Waals surface area contributed by atoms with Gasteiger partial charge in [0, 0.05) is 10.2 Å². The Morgan fingerprint density at radius 2 is 1.86 bits per heavy atom. The lowest BCUT2D eigenvalue weighted by Crippen LogP contribution is -2.35. The Hall–Kier alpha value is -1.03. The number of carbonyl (C=O) groups is 1. The molecule has 0 bridgehead atoms. The van der Waals surface area contributed by atoms with Crippen LogP contribution in [-0.2, 0) is 4.79 Å². The predicted octanol–water partition coefficient (Wildman–Crippen LogP) is 4.86. The van der Waals surface area contributed by atoms with E-state index in [1.165, 1.54) is 38.5 Å². The first-order chi connectivity index (χ1) is 10.1. The molecule has 0 radical (unpaired) electrons. The molecular weight excluding hydrogens is 328 g/mol. The van der Waals surface area contributed by atoms with E-state index in [4.69, 9.17) is 5.73 Å². The van der Waals surface area contributed by atoms with E-state index in [0.717, 1.165) is 23.0 Å². The molecule has 0 spiro atoms. The SMILES string of the molecule is CCCCCCCCCC(Nc1cccc(Br)c1)C(N)=O. The van der Waals surface area contributed by atoms with Gasteiger partial charge in [-0.2, -0.15) is 0 Å². The molecule has 0 aliphatic heterocycles. The lowest BCUT2D eigenvalue weighted by molar-refractivity contribution is -0.118. The molecule has 1 amide bonds. The minimum absolute atomic E-state index is 0.277. The average Bonchev–Trinajstić information content (AvgIpc) is 2.45. The predicted molar refractivity (Wildman–Crippen MR) is 93.4 cm³/mol. The lowest BCUT2D eigenvalue weighted by Gasteiger charge is -2.16. The summed E-state index contributed by atoms with van der Waals surface area (Å²) in [5.74, 6) is -0.277. The summed E-state index contributed by atoms with van der Waals surface area (Å²) < 4.78 is 0.992. The maximum atomic E-state index is 11.5. The molecule has 0 aliphatic carbocycles. The van der Waals surface area contributed by atoms with Crippen molar-refractivity contribution in [2.45, 2.75) is 64.3 Å². The van der Waals surface area contributed by atoms with Crippen LogP contribution < -0.4 is 11.1 Å². The largest absolute Gasteiger partial charge is 0.374 e. The van der Waals surface area contributed by atoms with Crippen molar-refractivity contribution < 1.29 is 4.79 Å². The van der Waals surface area contributed by atoms with Gasteiger partial charge >= 0.3 is 0 Å². The van der Waals surface area contributed by atoms with Crippen LogP contribution in [0.4, 0.5) is 5.69 Å². The van der Waals surface area contributed by atoms with Crippen molar-refractivity contribution in [2.24, 2.45) is 5.73 Å². The molecule has 3 nitrogen and oxygen atoms in total. The van der Waals surface area contributed by atoms with Gasteiger partial charge in [0.25, 0.3) is 0 Å². The number of hydrogen-bond donors (Lipinski definition) is 2. The molecule has 0 aromatic heterocycles. The molecule has 0 heterocycles. The molecule has 3 N–H and O–H groups in total. The lowest BCUT2D eigenvalue weighted by atomic mass is 10.0. The molecule has 4 heteroatoms. The second-order valence-corrected chi connectivity index (χ2v) is 6.44. The molecule has 1 rings (SSSR count). The van der Waals surface area contributed by atoms with E-state index >= 15 is 0 Å². The highest BCUT2D eigenvalue weighted by molar-refractivity contribution is 9.10. The van der Waals surface area contributed by atoms with E-state index in [-0.39, 0.29) is 11.9 Å². The van der Waals surface area contributed by atoms with Crippen LogP contribution in [-0.4, -0.2) is 11.9 Å². The van der Waals surface area contributed by atoms with E-state index in [2.05, 4.69) is 28.2 Å². The van der Waals surface area contributed by atoms with E-state index in [1.54, 1.807) is 0 Å². The van der Waals surface area contributed by atoms with Gasteiger partial charge in [-0.05, 0) is 24.6 Å². The summed E-state index contributed by atoms with van der Waals surface area (Å²) >= 11 is 3.43. The summed E-state index contributed by atoms with van der Waals surface area (Å²) in [4.78, 5) is 11.5. The van der Waals surface area contributed by atoms with Gasteiger partial charge in [-0.25, -0.2) is 0 Å². The van der Waals surface area contributed by atoms with Gasteiger partial charge in [-0.1, -0.05) is 73.9 Å². The van der Waals surface area contributed by atoms with Crippen molar-refractivity contribution in [3.05, 3.63) is 28.7 Å². The Bertz CT molecular complexity index is 423. The number of amides is 1. The van der Waals surface area contributed by atoms with Gasteiger partial charge in [0.1, 0.15) is 6.04 Å². The van der Waals surface area contributed by atoms with Crippen molar-refractivity contribution in [2.75, 3.05) is 5.32 Å². The second-order valence-electron chi connectivity index (χ2n) is 5.52. The third kappa shape index (κ3) is 8.10. The zero-order valence-electron chi connectivity index (χ0n) is 12.9. The van der Waals surface area contributed by atoms with Crippen LogP contribution in [0.15, 0.2) is 28.7 Å². The average molecular weight is 355 g/mol. The number of anilines is 1. The number of nitrogens with one attached hydrogen (secondary N) is 1. The van der Waals surface area contributed by atoms with Crippen LogP contribution in [0.3, 0.4) is 0 Å². The number of nitrogens with two attached hydrogens (primary N) is 1. The number of primary amides is 1. The standard InChI is InChI=1S/C17H27BrN2O/c1-2-3-4-5-6-7-8-12-16(17(19)21)20-15-11-9-10-14(18)13-15/h9-11,13,16,20H,2-8,12H2,1H3,(H2,19,21). The Labute approximate surface area is 136 Å². The van der Waals surface area contributed by atoms with Gasteiger partial charge < -0.3 is 11.1 Å². The van der Waals surface area contributed by atoms with Crippen LogP contribution in [0.5, 0.6) is 0 Å². The normalized spacial score (nSPS) is 12.1. The highest BCUT2D eigenvalue weighted by Gasteiger charge is 2.14. The minimum Gasteiger partial charge on any atom is -0.374 e. The molecular formula is C17H27BrN2O. The number of unbranched alkanes of at least 4 members (excludes halogenated alkanes) is 6. The first-order valence-corrected chi connectivity index (χ1v) is 8.74. The highest BCUT2D eigenvalue weighted by atomic mass is 79.9. The van der Waals surface area contributed by atoms with Crippen molar-refractivity contribution in [3.63, 3.8) is 0 Å². The van der Waals surface area contributed by atoms with Gasteiger partial charge in [0.05, 0.1) is 0 Å². The summed E-state index contributed by atoms with van der Waals surface area (Å²) in [6, 6.07) is 7.53. The van der Waals surface area contributed by atoms with Gasteiger partial charge in [0.2, 0.25) is 5.91 Å². The molecule has 0 fully saturated rings. The van der Waals surface area contributed by atoms with Gasteiger partial charge in [-0.15, -0.1) is 0 Å². The number of benzene rings is 1. The smallest absolute Gasteiger partial charge is 0.239 e. The third-order valence-corrected chi connectivity index (χ3v) is 4.10. The quantitative estimate of drug-likeness (QED) is 0.557. The second kappa shape index (κ2) is 10.7. The summed E-state index contributed by atoms with van der Waals surface area (Å²) in [7, 11) is 0. The summed E-state index contributed by atoms with van der Waals surface area (Å²) in [5.41, 5.74) is 6.42. The molecule has 1 unspecified atom stereocenters. The maximum absolute atomic E-state index is 11.5. The van der Waals surface area contributed by atoms with Crippen molar-refractivity contribution in [3.8, 4) is 0 Å². The molecule has 0 saturated heterocycles. The summed E-state index contributed by atoms with van der Waals surface area (Å²) in [5, 5.41) is 3.23. The van der Waals surface area contributed by atoms with E-state index in [9.17, 15) is 4.79 Å². The van der Waals surface area contributed by atoms with Crippen LogP contribution in [0.2, 0.25) is 0 Å². The van der Waals surface area contributed by atoms with Crippen molar-refractivity contribution in [1.29, 1.82) is 0 Å². The Morgan fingerprint density at radius 3 is 2.48 bits per heavy atom.